The number of aromatic nitrogens is 1. The van der Waals surface area contributed by atoms with Crippen molar-refractivity contribution in [2.75, 3.05) is 33.5 Å². The first-order valence-corrected chi connectivity index (χ1v) is 6.92. The van der Waals surface area contributed by atoms with Crippen molar-refractivity contribution in [3.05, 3.63) is 30.3 Å². The zero-order valence-corrected chi connectivity index (χ0v) is 11.9. The standard InChI is InChI=1S/C15H18N2O4/c1-18-6-5-16-10-14-17-9-13(21-14)11-3-2-4-12-15(11)20-8-7-19-12/h2-4,9,16H,5-8,10H2,1H3. The van der Waals surface area contributed by atoms with E-state index in [0.29, 0.717) is 38.0 Å². The third-order valence-electron chi connectivity index (χ3n) is 3.14. The van der Waals surface area contributed by atoms with Gasteiger partial charge in [-0.3, -0.25) is 0 Å². The molecule has 1 aromatic carbocycles. The second kappa shape index (κ2) is 6.60. The maximum absolute atomic E-state index is 5.77. The summed E-state index contributed by atoms with van der Waals surface area (Å²) in [6.07, 6.45) is 1.71. The Balaban J connectivity index is 1.74. The maximum Gasteiger partial charge on any atom is 0.208 e. The van der Waals surface area contributed by atoms with Gasteiger partial charge in [0.25, 0.3) is 0 Å². The van der Waals surface area contributed by atoms with Gasteiger partial charge in [-0.1, -0.05) is 6.07 Å². The summed E-state index contributed by atoms with van der Waals surface area (Å²) < 4.78 is 22.0. The smallest absolute Gasteiger partial charge is 0.208 e. The second-order valence-electron chi connectivity index (χ2n) is 4.62. The fourth-order valence-corrected chi connectivity index (χ4v) is 2.15. The molecule has 1 aliphatic rings. The van der Waals surface area contributed by atoms with Gasteiger partial charge in [0.2, 0.25) is 5.89 Å². The van der Waals surface area contributed by atoms with E-state index in [4.69, 9.17) is 18.6 Å². The van der Waals surface area contributed by atoms with E-state index in [2.05, 4.69) is 10.3 Å². The fraction of sp³-hybridized carbons (Fsp3) is 0.400. The molecule has 112 valence electrons. The van der Waals surface area contributed by atoms with E-state index in [1.54, 1.807) is 13.3 Å². The molecule has 1 aromatic heterocycles. The monoisotopic (exact) mass is 290 g/mol. The molecule has 2 heterocycles. The first-order chi connectivity index (χ1) is 10.4. The summed E-state index contributed by atoms with van der Waals surface area (Å²) in [5.41, 5.74) is 0.864. The van der Waals surface area contributed by atoms with Crippen molar-refractivity contribution in [3.63, 3.8) is 0 Å². The first kappa shape index (κ1) is 13.9. The lowest BCUT2D eigenvalue weighted by Gasteiger charge is -2.19. The van der Waals surface area contributed by atoms with Crippen LogP contribution in [0.3, 0.4) is 0 Å². The number of oxazole rings is 1. The molecule has 0 unspecified atom stereocenters. The van der Waals surface area contributed by atoms with Crippen LogP contribution in [0.25, 0.3) is 11.3 Å². The van der Waals surface area contributed by atoms with Crippen molar-refractivity contribution in [3.8, 4) is 22.8 Å². The maximum atomic E-state index is 5.77. The highest BCUT2D eigenvalue weighted by molar-refractivity contribution is 5.69. The van der Waals surface area contributed by atoms with Crippen LogP contribution >= 0.6 is 0 Å². The summed E-state index contributed by atoms with van der Waals surface area (Å²) >= 11 is 0. The lowest BCUT2D eigenvalue weighted by Crippen LogP contribution is -2.18. The van der Waals surface area contributed by atoms with Crippen LogP contribution in [0.15, 0.2) is 28.8 Å². The Morgan fingerprint density at radius 2 is 2.19 bits per heavy atom. The highest BCUT2D eigenvalue weighted by Crippen LogP contribution is 2.39. The second-order valence-corrected chi connectivity index (χ2v) is 4.62. The minimum Gasteiger partial charge on any atom is -0.486 e. The van der Waals surface area contributed by atoms with Crippen LogP contribution in [0.1, 0.15) is 5.89 Å². The molecule has 0 amide bonds. The SMILES string of the molecule is COCCNCc1ncc(-c2cccc3c2OCCO3)o1. The largest absolute Gasteiger partial charge is 0.486 e. The van der Waals surface area contributed by atoms with Crippen molar-refractivity contribution in [1.29, 1.82) is 0 Å². The van der Waals surface area contributed by atoms with E-state index < -0.39 is 0 Å². The normalized spacial score (nSPS) is 13.4. The Morgan fingerprint density at radius 3 is 3.10 bits per heavy atom. The molecule has 0 saturated heterocycles. The number of nitrogens with zero attached hydrogens (tertiary/aromatic N) is 1. The Morgan fingerprint density at radius 1 is 1.29 bits per heavy atom. The number of methoxy groups -OCH3 is 1. The minimum absolute atomic E-state index is 0.545. The molecule has 0 atom stereocenters. The third-order valence-corrected chi connectivity index (χ3v) is 3.14. The Hall–Kier alpha value is -2.05. The molecule has 2 aromatic rings. The lowest BCUT2D eigenvalue weighted by molar-refractivity contribution is 0.172. The van der Waals surface area contributed by atoms with Crippen molar-refractivity contribution < 1.29 is 18.6 Å². The van der Waals surface area contributed by atoms with Crippen molar-refractivity contribution in [2.24, 2.45) is 0 Å². The predicted molar refractivity (Wildman–Crippen MR) is 76.5 cm³/mol. The first-order valence-electron chi connectivity index (χ1n) is 6.92. The van der Waals surface area contributed by atoms with E-state index in [9.17, 15) is 0 Å². The van der Waals surface area contributed by atoms with Gasteiger partial charge >= 0.3 is 0 Å². The van der Waals surface area contributed by atoms with Crippen LogP contribution in [0.2, 0.25) is 0 Å². The summed E-state index contributed by atoms with van der Waals surface area (Å²) in [6, 6.07) is 5.75. The molecule has 6 nitrogen and oxygen atoms in total. The lowest BCUT2D eigenvalue weighted by atomic mass is 10.1. The predicted octanol–water partition coefficient (Wildman–Crippen LogP) is 1.85. The van der Waals surface area contributed by atoms with Crippen molar-refractivity contribution in [1.82, 2.24) is 10.3 Å². The number of benzene rings is 1. The van der Waals surface area contributed by atoms with Gasteiger partial charge in [-0.15, -0.1) is 0 Å². The van der Waals surface area contributed by atoms with E-state index >= 15 is 0 Å². The number of para-hydroxylation sites is 1. The van der Waals surface area contributed by atoms with Crippen LogP contribution in [0.4, 0.5) is 0 Å². The number of hydrogen-bond acceptors (Lipinski definition) is 6. The molecule has 0 aliphatic carbocycles. The molecule has 0 saturated carbocycles. The fourth-order valence-electron chi connectivity index (χ4n) is 2.15. The van der Waals surface area contributed by atoms with Crippen LogP contribution < -0.4 is 14.8 Å². The van der Waals surface area contributed by atoms with Crippen LogP contribution in [0.5, 0.6) is 11.5 Å². The van der Waals surface area contributed by atoms with Crippen molar-refractivity contribution >= 4 is 0 Å². The molecular formula is C15H18N2O4. The Bertz CT molecular complexity index is 597. The zero-order chi connectivity index (χ0) is 14.5. The molecular weight excluding hydrogens is 272 g/mol. The van der Waals surface area contributed by atoms with Gasteiger partial charge in [-0.25, -0.2) is 4.98 Å². The minimum atomic E-state index is 0.545. The molecule has 1 aliphatic heterocycles. The average Bonchev–Trinajstić information content (AvgIpc) is 3.00. The summed E-state index contributed by atoms with van der Waals surface area (Å²) in [4.78, 5) is 4.27. The van der Waals surface area contributed by atoms with Gasteiger partial charge in [-0.05, 0) is 12.1 Å². The Kier molecular flexibility index (Phi) is 4.37. The van der Waals surface area contributed by atoms with E-state index in [-0.39, 0.29) is 0 Å². The van der Waals surface area contributed by atoms with Crippen LogP contribution in [0, 0.1) is 0 Å². The van der Waals surface area contributed by atoms with Gasteiger partial charge in [0.15, 0.2) is 17.3 Å². The van der Waals surface area contributed by atoms with Crippen LogP contribution in [-0.2, 0) is 11.3 Å². The van der Waals surface area contributed by atoms with Gasteiger partial charge in [0.05, 0.1) is 24.9 Å². The summed E-state index contributed by atoms with van der Waals surface area (Å²) in [7, 11) is 1.67. The van der Waals surface area contributed by atoms with E-state index in [1.165, 1.54) is 0 Å². The molecule has 6 heteroatoms. The molecule has 3 rings (SSSR count). The topological polar surface area (TPSA) is 65.8 Å². The number of hydrogen-bond donors (Lipinski definition) is 1. The van der Waals surface area contributed by atoms with Gasteiger partial charge in [-0.2, -0.15) is 0 Å². The average molecular weight is 290 g/mol. The van der Waals surface area contributed by atoms with E-state index in [1.807, 2.05) is 18.2 Å². The molecule has 0 spiro atoms. The molecule has 0 fully saturated rings. The van der Waals surface area contributed by atoms with E-state index in [0.717, 1.165) is 23.6 Å². The molecule has 21 heavy (non-hydrogen) atoms. The molecule has 1 N–H and O–H groups in total. The number of rotatable bonds is 6. The molecule has 0 radical (unpaired) electrons. The third kappa shape index (κ3) is 3.17. The summed E-state index contributed by atoms with van der Waals surface area (Å²) in [6.45, 7) is 3.09. The summed E-state index contributed by atoms with van der Waals surface area (Å²) in [5.74, 6) is 2.78. The van der Waals surface area contributed by atoms with Gasteiger partial charge in [0, 0.05) is 13.7 Å². The highest BCUT2D eigenvalue weighted by Gasteiger charge is 2.19. The van der Waals surface area contributed by atoms with Gasteiger partial charge in [0.1, 0.15) is 13.2 Å². The number of nitrogens with one attached hydrogen (secondary N) is 1. The van der Waals surface area contributed by atoms with Crippen LogP contribution in [-0.4, -0.2) is 38.5 Å². The van der Waals surface area contributed by atoms with Crippen molar-refractivity contribution in [2.45, 2.75) is 6.54 Å². The zero-order valence-electron chi connectivity index (χ0n) is 11.9. The Labute approximate surface area is 123 Å². The van der Waals surface area contributed by atoms with Gasteiger partial charge < -0.3 is 23.9 Å². The molecule has 0 bridgehead atoms. The number of ether oxygens (including phenoxy) is 3. The summed E-state index contributed by atoms with van der Waals surface area (Å²) in [5, 5.41) is 3.19. The number of fused-ring (bicyclic) bond motifs is 1. The quantitative estimate of drug-likeness (QED) is 0.819. The highest BCUT2D eigenvalue weighted by atomic mass is 16.6.